The summed E-state index contributed by atoms with van der Waals surface area (Å²) in [5, 5.41) is 8.90. The molecule has 3 aromatic rings. The van der Waals surface area contributed by atoms with Crippen molar-refractivity contribution in [2.45, 2.75) is 33.4 Å². The summed E-state index contributed by atoms with van der Waals surface area (Å²) in [4.78, 5) is 12.7. The van der Waals surface area contributed by atoms with Gasteiger partial charge in [-0.1, -0.05) is 49.2 Å². The van der Waals surface area contributed by atoms with Gasteiger partial charge in [-0.15, -0.1) is 0 Å². The first-order valence-electron chi connectivity index (χ1n) is 9.61. The lowest BCUT2D eigenvalue weighted by Crippen LogP contribution is -2.23. The number of nitrogens with zero attached hydrogens (tertiary/aromatic N) is 2. The van der Waals surface area contributed by atoms with Gasteiger partial charge in [-0.25, -0.2) is 4.79 Å². The Kier molecular flexibility index (Phi) is 7.37. The standard InChI is InChI=1S/C22H23Cl2N3O3/c1-4-29-22(28)20-17(13-25-14(2)3)21(30-16-11-9-15(23)10-12-16)27(26-20)19-8-6-5-7-18(19)24/h5-12,14,25H,4,13H2,1-3H3. The van der Waals surface area contributed by atoms with Gasteiger partial charge in [0.2, 0.25) is 5.88 Å². The zero-order valence-electron chi connectivity index (χ0n) is 17.0. The lowest BCUT2D eigenvalue weighted by atomic mass is 10.2. The van der Waals surface area contributed by atoms with Crippen LogP contribution in [-0.4, -0.2) is 28.4 Å². The van der Waals surface area contributed by atoms with Gasteiger partial charge >= 0.3 is 5.97 Å². The summed E-state index contributed by atoms with van der Waals surface area (Å²) in [6.45, 7) is 6.38. The number of para-hydroxylation sites is 1. The Morgan fingerprint density at radius 1 is 1.13 bits per heavy atom. The quantitative estimate of drug-likeness (QED) is 0.452. The van der Waals surface area contributed by atoms with Crippen molar-refractivity contribution in [3.8, 4) is 17.3 Å². The van der Waals surface area contributed by atoms with Crippen LogP contribution in [-0.2, 0) is 11.3 Å². The maximum atomic E-state index is 12.7. The van der Waals surface area contributed by atoms with Crippen LogP contribution in [0.3, 0.4) is 0 Å². The largest absolute Gasteiger partial charge is 0.461 e. The van der Waals surface area contributed by atoms with Gasteiger partial charge in [-0.2, -0.15) is 9.78 Å². The highest BCUT2D eigenvalue weighted by Gasteiger charge is 2.27. The third-order valence-electron chi connectivity index (χ3n) is 4.20. The SMILES string of the molecule is CCOC(=O)c1nn(-c2ccccc2Cl)c(Oc2ccc(Cl)cc2)c1CNC(C)C. The molecular weight excluding hydrogens is 425 g/mol. The summed E-state index contributed by atoms with van der Waals surface area (Å²) in [6, 6.07) is 14.3. The van der Waals surface area contributed by atoms with Crippen LogP contribution in [0.15, 0.2) is 48.5 Å². The molecule has 1 N–H and O–H groups in total. The Hall–Kier alpha value is -2.54. The molecule has 0 aliphatic rings. The van der Waals surface area contributed by atoms with E-state index in [1.54, 1.807) is 43.3 Å². The topological polar surface area (TPSA) is 65.4 Å². The van der Waals surface area contributed by atoms with Crippen LogP contribution in [0.5, 0.6) is 11.6 Å². The number of esters is 1. The molecule has 158 valence electrons. The second-order valence-electron chi connectivity index (χ2n) is 6.81. The van der Waals surface area contributed by atoms with Gasteiger partial charge in [-0.3, -0.25) is 0 Å². The highest BCUT2D eigenvalue weighted by Crippen LogP contribution is 2.34. The van der Waals surface area contributed by atoms with Crippen molar-refractivity contribution in [3.05, 3.63) is 69.8 Å². The van der Waals surface area contributed by atoms with Crippen molar-refractivity contribution >= 4 is 29.2 Å². The van der Waals surface area contributed by atoms with Crippen molar-refractivity contribution in [2.24, 2.45) is 0 Å². The molecule has 0 aliphatic heterocycles. The molecule has 0 radical (unpaired) electrons. The van der Waals surface area contributed by atoms with Gasteiger partial charge in [0.25, 0.3) is 0 Å². The highest BCUT2D eigenvalue weighted by atomic mass is 35.5. The van der Waals surface area contributed by atoms with Crippen LogP contribution < -0.4 is 10.1 Å². The lowest BCUT2D eigenvalue weighted by molar-refractivity contribution is 0.0517. The molecule has 0 atom stereocenters. The van der Waals surface area contributed by atoms with E-state index < -0.39 is 5.97 Å². The molecule has 0 unspecified atom stereocenters. The number of halogens is 2. The molecule has 3 rings (SSSR count). The second kappa shape index (κ2) is 9.98. The summed E-state index contributed by atoms with van der Waals surface area (Å²) in [6.07, 6.45) is 0. The molecule has 0 fully saturated rings. The predicted octanol–water partition coefficient (Wildman–Crippen LogP) is 5.65. The Morgan fingerprint density at radius 3 is 2.47 bits per heavy atom. The molecule has 0 saturated carbocycles. The van der Waals surface area contributed by atoms with Crippen molar-refractivity contribution in [1.29, 1.82) is 0 Å². The van der Waals surface area contributed by atoms with E-state index in [0.717, 1.165) is 0 Å². The number of carbonyl (C=O) groups is 1. The van der Waals surface area contributed by atoms with Crippen LogP contribution in [0.4, 0.5) is 0 Å². The fraction of sp³-hybridized carbons (Fsp3) is 0.273. The van der Waals surface area contributed by atoms with Crippen molar-refractivity contribution in [1.82, 2.24) is 15.1 Å². The summed E-state index contributed by atoms with van der Waals surface area (Å²) in [5.41, 5.74) is 1.34. The molecule has 1 aromatic heterocycles. The average molecular weight is 448 g/mol. The summed E-state index contributed by atoms with van der Waals surface area (Å²) in [7, 11) is 0. The molecule has 8 heteroatoms. The predicted molar refractivity (Wildman–Crippen MR) is 118 cm³/mol. The third-order valence-corrected chi connectivity index (χ3v) is 4.77. The Labute approximate surface area is 185 Å². The lowest BCUT2D eigenvalue weighted by Gasteiger charge is -2.13. The van der Waals surface area contributed by atoms with Crippen molar-refractivity contribution in [2.75, 3.05) is 6.61 Å². The van der Waals surface area contributed by atoms with Crippen LogP contribution >= 0.6 is 23.2 Å². The number of hydrogen-bond acceptors (Lipinski definition) is 5. The van der Waals surface area contributed by atoms with E-state index >= 15 is 0 Å². The van der Waals surface area contributed by atoms with E-state index in [0.29, 0.717) is 39.5 Å². The minimum absolute atomic E-state index is 0.175. The number of ether oxygens (including phenoxy) is 2. The molecule has 2 aromatic carbocycles. The monoisotopic (exact) mass is 447 g/mol. The van der Waals surface area contributed by atoms with E-state index in [1.807, 2.05) is 26.0 Å². The molecule has 0 bridgehead atoms. The number of aromatic nitrogens is 2. The minimum Gasteiger partial charge on any atom is -0.461 e. The molecule has 1 heterocycles. The summed E-state index contributed by atoms with van der Waals surface area (Å²) in [5.74, 6) is 0.403. The van der Waals surface area contributed by atoms with Gasteiger partial charge in [0, 0.05) is 17.6 Å². The first-order chi connectivity index (χ1) is 14.4. The molecule has 0 saturated heterocycles. The van der Waals surface area contributed by atoms with Gasteiger partial charge in [0.1, 0.15) is 5.75 Å². The Bertz CT molecular complexity index is 1020. The van der Waals surface area contributed by atoms with E-state index in [-0.39, 0.29) is 18.3 Å². The van der Waals surface area contributed by atoms with E-state index in [2.05, 4.69) is 10.4 Å². The highest BCUT2D eigenvalue weighted by molar-refractivity contribution is 6.32. The molecule has 30 heavy (non-hydrogen) atoms. The third kappa shape index (κ3) is 5.14. The van der Waals surface area contributed by atoms with Crippen molar-refractivity contribution < 1.29 is 14.3 Å². The van der Waals surface area contributed by atoms with E-state index in [9.17, 15) is 4.79 Å². The maximum absolute atomic E-state index is 12.7. The van der Waals surface area contributed by atoms with Crippen LogP contribution in [0.1, 0.15) is 36.8 Å². The number of rotatable bonds is 8. The van der Waals surface area contributed by atoms with Gasteiger partial charge in [0.15, 0.2) is 5.69 Å². The van der Waals surface area contributed by atoms with Gasteiger partial charge in [-0.05, 0) is 43.3 Å². The summed E-state index contributed by atoms with van der Waals surface area (Å²) < 4.78 is 12.9. The van der Waals surface area contributed by atoms with Gasteiger partial charge in [0.05, 0.1) is 22.9 Å². The first kappa shape index (κ1) is 22.2. The van der Waals surface area contributed by atoms with Crippen LogP contribution in [0.2, 0.25) is 10.0 Å². The number of benzene rings is 2. The van der Waals surface area contributed by atoms with Crippen molar-refractivity contribution in [3.63, 3.8) is 0 Å². The first-order valence-corrected chi connectivity index (χ1v) is 10.4. The molecule has 6 nitrogen and oxygen atoms in total. The van der Waals surface area contributed by atoms with E-state index in [4.69, 9.17) is 32.7 Å². The number of carbonyl (C=O) groups excluding carboxylic acids is 1. The van der Waals surface area contributed by atoms with E-state index in [1.165, 1.54) is 4.68 Å². The summed E-state index contributed by atoms with van der Waals surface area (Å²) >= 11 is 12.4. The molecule has 0 amide bonds. The molecule has 0 spiro atoms. The minimum atomic E-state index is -0.523. The molecular formula is C22H23Cl2N3O3. The number of nitrogens with one attached hydrogen (secondary N) is 1. The molecule has 0 aliphatic carbocycles. The van der Waals surface area contributed by atoms with Crippen LogP contribution in [0.25, 0.3) is 5.69 Å². The fourth-order valence-corrected chi connectivity index (χ4v) is 3.11. The Morgan fingerprint density at radius 2 is 1.83 bits per heavy atom. The number of hydrogen-bond donors (Lipinski definition) is 1. The second-order valence-corrected chi connectivity index (χ2v) is 7.65. The zero-order valence-corrected chi connectivity index (χ0v) is 18.5. The van der Waals surface area contributed by atoms with Gasteiger partial charge < -0.3 is 14.8 Å². The normalized spacial score (nSPS) is 11.0. The van der Waals surface area contributed by atoms with Crippen LogP contribution in [0, 0.1) is 0 Å². The zero-order chi connectivity index (χ0) is 21.7. The Balaban J connectivity index is 2.18. The smallest absolute Gasteiger partial charge is 0.359 e. The fourth-order valence-electron chi connectivity index (χ4n) is 2.77. The average Bonchev–Trinajstić information content (AvgIpc) is 3.06. The maximum Gasteiger partial charge on any atom is 0.359 e.